The van der Waals surface area contributed by atoms with Gasteiger partial charge in [-0.1, -0.05) is 0 Å². The maximum absolute atomic E-state index is 9.61. The van der Waals surface area contributed by atoms with E-state index in [1.807, 2.05) is 6.92 Å². The van der Waals surface area contributed by atoms with Crippen molar-refractivity contribution >= 4 is 11.3 Å². The van der Waals surface area contributed by atoms with Crippen LogP contribution in [0, 0.1) is 6.92 Å². The molecule has 1 heterocycles. The fourth-order valence-corrected chi connectivity index (χ4v) is 2.73. The minimum absolute atomic E-state index is 0.137. The molecule has 2 unspecified atom stereocenters. The highest BCUT2D eigenvalue weighted by atomic mass is 32.1. The molecule has 2 N–H and O–H groups in total. The molecule has 1 aliphatic carbocycles. The maximum atomic E-state index is 9.61. The molecular formula is C11H18N2OS. The Bertz CT molecular complexity index is 313. The van der Waals surface area contributed by atoms with Gasteiger partial charge in [0.05, 0.1) is 16.8 Å². The topological polar surface area (TPSA) is 45.2 Å². The van der Waals surface area contributed by atoms with Crippen molar-refractivity contribution in [3.05, 3.63) is 16.1 Å². The van der Waals surface area contributed by atoms with Gasteiger partial charge < -0.3 is 10.4 Å². The summed E-state index contributed by atoms with van der Waals surface area (Å²) in [6.45, 7) is 2.95. The number of thiazole rings is 1. The van der Waals surface area contributed by atoms with Crippen molar-refractivity contribution < 1.29 is 5.11 Å². The quantitative estimate of drug-likeness (QED) is 0.818. The number of hydrogen-bond donors (Lipinski definition) is 2. The van der Waals surface area contributed by atoms with Crippen LogP contribution in [0.25, 0.3) is 0 Å². The Morgan fingerprint density at radius 3 is 3.07 bits per heavy atom. The molecule has 0 saturated heterocycles. The van der Waals surface area contributed by atoms with E-state index in [4.69, 9.17) is 0 Å². The van der Waals surface area contributed by atoms with Crippen LogP contribution in [0.5, 0.6) is 0 Å². The molecule has 1 fully saturated rings. The predicted molar refractivity (Wildman–Crippen MR) is 62.2 cm³/mol. The van der Waals surface area contributed by atoms with Gasteiger partial charge in [-0.05, 0) is 26.2 Å². The van der Waals surface area contributed by atoms with Gasteiger partial charge in [0, 0.05) is 24.4 Å². The Kier molecular flexibility index (Phi) is 3.72. The van der Waals surface area contributed by atoms with E-state index in [1.54, 1.807) is 11.3 Å². The van der Waals surface area contributed by atoms with Crippen molar-refractivity contribution in [3.8, 4) is 0 Å². The van der Waals surface area contributed by atoms with Crippen molar-refractivity contribution in [3.63, 3.8) is 0 Å². The molecule has 0 spiro atoms. The highest BCUT2D eigenvalue weighted by molar-refractivity contribution is 7.09. The van der Waals surface area contributed by atoms with Crippen molar-refractivity contribution in [2.45, 2.75) is 44.8 Å². The van der Waals surface area contributed by atoms with E-state index in [0.717, 1.165) is 42.9 Å². The number of aryl methyl sites for hydroxylation is 1. The Balaban J connectivity index is 1.70. The number of hydrogen-bond acceptors (Lipinski definition) is 4. The third-order valence-corrected chi connectivity index (χ3v) is 3.76. The second-order valence-electron chi connectivity index (χ2n) is 4.17. The van der Waals surface area contributed by atoms with E-state index in [9.17, 15) is 5.11 Å². The summed E-state index contributed by atoms with van der Waals surface area (Å²) in [7, 11) is 0. The molecule has 1 aromatic rings. The van der Waals surface area contributed by atoms with Crippen molar-refractivity contribution in [1.82, 2.24) is 10.3 Å². The number of nitrogens with one attached hydrogen (secondary N) is 1. The highest BCUT2D eigenvalue weighted by Crippen LogP contribution is 2.18. The summed E-state index contributed by atoms with van der Waals surface area (Å²) in [6, 6.07) is 0.310. The summed E-state index contributed by atoms with van der Waals surface area (Å²) >= 11 is 1.70. The first-order valence-electron chi connectivity index (χ1n) is 5.58. The fraction of sp³-hybridized carbons (Fsp3) is 0.727. The zero-order valence-corrected chi connectivity index (χ0v) is 9.89. The molecule has 0 aliphatic heterocycles. The zero-order valence-electron chi connectivity index (χ0n) is 9.07. The minimum Gasteiger partial charge on any atom is -0.392 e. The molecule has 4 heteroatoms. The van der Waals surface area contributed by atoms with Crippen LogP contribution in [0.4, 0.5) is 0 Å². The van der Waals surface area contributed by atoms with E-state index >= 15 is 0 Å². The van der Waals surface area contributed by atoms with Crippen LogP contribution >= 0.6 is 11.3 Å². The van der Waals surface area contributed by atoms with E-state index in [1.165, 1.54) is 0 Å². The minimum atomic E-state index is -0.137. The summed E-state index contributed by atoms with van der Waals surface area (Å²) in [5.74, 6) is 0. The number of aromatic nitrogens is 1. The van der Waals surface area contributed by atoms with Crippen LogP contribution in [-0.2, 0) is 6.42 Å². The third-order valence-electron chi connectivity index (χ3n) is 2.93. The average Bonchev–Trinajstić information content (AvgIpc) is 2.77. The molecule has 1 aromatic heterocycles. The molecule has 0 amide bonds. The molecule has 2 rings (SSSR count). The van der Waals surface area contributed by atoms with E-state index in [2.05, 4.69) is 15.7 Å². The van der Waals surface area contributed by atoms with Gasteiger partial charge in [0.2, 0.25) is 0 Å². The van der Waals surface area contributed by atoms with Gasteiger partial charge in [-0.25, -0.2) is 4.98 Å². The van der Waals surface area contributed by atoms with Gasteiger partial charge in [0.25, 0.3) is 0 Å². The molecule has 1 saturated carbocycles. The van der Waals surface area contributed by atoms with Gasteiger partial charge in [-0.2, -0.15) is 0 Å². The first-order chi connectivity index (χ1) is 7.25. The molecular weight excluding hydrogens is 208 g/mol. The number of aliphatic hydroxyl groups is 1. The average molecular weight is 226 g/mol. The number of nitrogens with zero attached hydrogens (tertiary/aromatic N) is 1. The monoisotopic (exact) mass is 226 g/mol. The Hall–Kier alpha value is -0.450. The molecule has 15 heavy (non-hydrogen) atoms. The normalized spacial score (nSPS) is 26.0. The molecule has 1 aliphatic rings. The van der Waals surface area contributed by atoms with Crippen molar-refractivity contribution in [2.24, 2.45) is 0 Å². The molecule has 84 valence electrons. The summed E-state index contributed by atoms with van der Waals surface area (Å²) in [5, 5.41) is 16.3. The van der Waals surface area contributed by atoms with E-state index in [0.29, 0.717) is 6.04 Å². The van der Waals surface area contributed by atoms with Crippen LogP contribution in [-0.4, -0.2) is 28.8 Å². The lowest BCUT2D eigenvalue weighted by molar-refractivity contribution is 0.149. The molecule has 0 aromatic carbocycles. The smallest absolute Gasteiger partial charge is 0.0897 e. The van der Waals surface area contributed by atoms with Gasteiger partial charge in [-0.3, -0.25) is 0 Å². The number of rotatable bonds is 4. The Morgan fingerprint density at radius 1 is 1.60 bits per heavy atom. The summed E-state index contributed by atoms with van der Waals surface area (Å²) < 4.78 is 0. The molecule has 3 nitrogen and oxygen atoms in total. The standard InChI is InChI=1S/C11H18N2OS/c1-8-13-9(7-15-8)5-6-12-10-3-2-4-11(10)14/h7,10-12,14H,2-6H2,1H3. The lowest BCUT2D eigenvalue weighted by atomic mass is 10.2. The van der Waals surface area contributed by atoms with Crippen molar-refractivity contribution in [2.75, 3.05) is 6.54 Å². The SMILES string of the molecule is Cc1nc(CCNC2CCCC2O)cs1. The van der Waals surface area contributed by atoms with Crippen LogP contribution in [0.3, 0.4) is 0 Å². The van der Waals surface area contributed by atoms with E-state index < -0.39 is 0 Å². The van der Waals surface area contributed by atoms with Gasteiger partial charge in [0.1, 0.15) is 0 Å². The second-order valence-corrected chi connectivity index (χ2v) is 5.23. The summed E-state index contributed by atoms with van der Waals surface area (Å²) in [5.41, 5.74) is 1.16. The summed E-state index contributed by atoms with van der Waals surface area (Å²) in [4.78, 5) is 4.41. The van der Waals surface area contributed by atoms with Crippen LogP contribution in [0.1, 0.15) is 30.0 Å². The predicted octanol–water partition coefficient (Wildman–Crippen LogP) is 1.50. The zero-order chi connectivity index (χ0) is 10.7. The summed E-state index contributed by atoms with van der Waals surface area (Å²) in [6.07, 6.45) is 4.04. The largest absolute Gasteiger partial charge is 0.392 e. The third kappa shape index (κ3) is 3.00. The lowest BCUT2D eigenvalue weighted by Gasteiger charge is -2.15. The molecule has 2 atom stereocenters. The first kappa shape index (κ1) is 11.0. The van der Waals surface area contributed by atoms with Crippen LogP contribution in [0.2, 0.25) is 0 Å². The van der Waals surface area contributed by atoms with Crippen LogP contribution < -0.4 is 5.32 Å². The second kappa shape index (κ2) is 5.05. The Labute approximate surface area is 94.5 Å². The van der Waals surface area contributed by atoms with E-state index in [-0.39, 0.29) is 6.10 Å². The van der Waals surface area contributed by atoms with Crippen molar-refractivity contribution in [1.29, 1.82) is 0 Å². The number of aliphatic hydroxyl groups excluding tert-OH is 1. The fourth-order valence-electron chi connectivity index (χ4n) is 2.09. The maximum Gasteiger partial charge on any atom is 0.0897 e. The van der Waals surface area contributed by atoms with Gasteiger partial charge in [-0.15, -0.1) is 11.3 Å². The molecule has 0 radical (unpaired) electrons. The van der Waals surface area contributed by atoms with Gasteiger partial charge >= 0.3 is 0 Å². The Morgan fingerprint density at radius 2 is 2.47 bits per heavy atom. The molecule has 0 bridgehead atoms. The highest BCUT2D eigenvalue weighted by Gasteiger charge is 2.23. The lowest BCUT2D eigenvalue weighted by Crippen LogP contribution is -2.36. The van der Waals surface area contributed by atoms with Crippen LogP contribution in [0.15, 0.2) is 5.38 Å². The van der Waals surface area contributed by atoms with Gasteiger partial charge in [0.15, 0.2) is 0 Å². The first-order valence-corrected chi connectivity index (χ1v) is 6.46.